The summed E-state index contributed by atoms with van der Waals surface area (Å²) in [5.41, 5.74) is -1.10. The predicted molar refractivity (Wildman–Crippen MR) is 70.0 cm³/mol. The van der Waals surface area contributed by atoms with Crippen LogP contribution in [-0.4, -0.2) is 42.8 Å². The molecule has 7 heteroatoms. The van der Waals surface area contributed by atoms with Crippen molar-refractivity contribution in [3.63, 3.8) is 0 Å². The number of anilines is 1. The second-order valence-corrected chi connectivity index (χ2v) is 6.92. The lowest BCUT2D eigenvalue weighted by Gasteiger charge is -2.33. The Morgan fingerprint density at radius 2 is 2.21 bits per heavy atom. The molecule has 1 saturated heterocycles. The molecule has 0 aromatic carbocycles. The number of carbonyl (C=O) groups is 1. The van der Waals surface area contributed by atoms with Crippen molar-refractivity contribution in [1.29, 1.82) is 0 Å². The Labute approximate surface area is 112 Å². The number of carboxylic acid groups (broad SMARTS) is 1. The zero-order valence-corrected chi connectivity index (χ0v) is 11.6. The van der Waals surface area contributed by atoms with Crippen molar-refractivity contribution in [2.75, 3.05) is 17.7 Å². The quantitative estimate of drug-likeness (QED) is 0.888. The molecule has 2 rings (SSSR count). The van der Waals surface area contributed by atoms with Crippen LogP contribution in [0.3, 0.4) is 0 Å². The normalized spacial score (nSPS) is 23.6. The third-order valence-corrected chi connectivity index (χ3v) is 4.63. The van der Waals surface area contributed by atoms with Gasteiger partial charge in [-0.25, -0.2) is 18.2 Å². The van der Waals surface area contributed by atoms with E-state index in [9.17, 15) is 18.3 Å². The van der Waals surface area contributed by atoms with Crippen LogP contribution < -0.4 is 4.90 Å². The van der Waals surface area contributed by atoms with E-state index < -0.39 is 21.3 Å². The first kappa shape index (κ1) is 13.8. The third kappa shape index (κ3) is 2.30. The van der Waals surface area contributed by atoms with Gasteiger partial charge in [-0.3, -0.25) is 0 Å². The lowest BCUT2D eigenvalue weighted by molar-refractivity contribution is -0.142. The molecular weight excluding hydrogens is 268 g/mol. The Balaban J connectivity index is 2.57. The van der Waals surface area contributed by atoms with Gasteiger partial charge in [-0.15, -0.1) is 0 Å². The molecule has 6 nitrogen and oxygen atoms in total. The van der Waals surface area contributed by atoms with E-state index in [0.717, 1.165) is 6.26 Å². The van der Waals surface area contributed by atoms with Crippen molar-refractivity contribution in [3.8, 4) is 0 Å². The van der Waals surface area contributed by atoms with Crippen molar-refractivity contribution in [3.05, 3.63) is 18.3 Å². The molecule has 1 fully saturated rings. The molecule has 1 aromatic rings. The molecule has 0 saturated carbocycles. The summed E-state index contributed by atoms with van der Waals surface area (Å²) >= 11 is 0. The Kier molecular flexibility index (Phi) is 3.25. The van der Waals surface area contributed by atoms with Crippen LogP contribution in [0.5, 0.6) is 0 Å². The summed E-state index contributed by atoms with van der Waals surface area (Å²) in [5, 5.41) is 9.38. The highest BCUT2D eigenvalue weighted by Gasteiger charge is 2.45. The van der Waals surface area contributed by atoms with E-state index in [0.29, 0.717) is 19.4 Å². The molecule has 0 amide bonds. The molecule has 0 radical (unpaired) electrons. The van der Waals surface area contributed by atoms with Gasteiger partial charge in [-0.1, -0.05) is 0 Å². The molecule has 1 aromatic heterocycles. The lowest BCUT2D eigenvalue weighted by Crippen LogP contribution is -2.48. The number of nitrogens with zero attached hydrogens (tertiary/aromatic N) is 2. The van der Waals surface area contributed by atoms with Gasteiger partial charge in [0, 0.05) is 19.0 Å². The molecule has 2 heterocycles. The van der Waals surface area contributed by atoms with Crippen molar-refractivity contribution >= 4 is 21.6 Å². The first-order valence-electron chi connectivity index (χ1n) is 5.93. The maximum Gasteiger partial charge on any atom is 0.329 e. The monoisotopic (exact) mass is 284 g/mol. The van der Waals surface area contributed by atoms with Crippen molar-refractivity contribution in [1.82, 2.24) is 4.98 Å². The summed E-state index contributed by atoms with van der Waals surface area (Å²) in [6.45, 7) is 2.09. The summed E-state index contributed by atoms with van der Waals surface area (Å²) in [6, 6.07) is 2.99. The summed E-state index contributed by atoms with van der Waals surface area (Å²) < 4.78 is 23.6. The first-order valence-corrected chi connectivity index (χ1v) is 7.82. The van der Waals surface area contributed by atoms with E-state index in [1.807, 2.05) is 0 Å². The average molecular weight is 284 g/mol. The van der Waals surface area contributed by atoms with Gasteiger partial charge in [0.1, 0.15) is 16.3 Å². The van der Waals surface area contributed by atoms with Gasteiger partial charge < -0.3 is 10.0 Å². The SMILES string of the molecule is CC1(C(=O)O)CCCN1c1ncccc1S(C)(=O)=O. The van der Waals surface area contributed by atoms with Crippen LogP contribution in [0.1, 0.15) is 19.8 Å². The zero-order chi connectivity index (χ0) is 14.3. The minimum absolute atomic E-state index is 0.0735. The van der Waals surface area contributed by atoms with Gasteiger partial charge in [-0.2, -0.15) is 0 Å². The summed E-state index contributed by atoms with van der Waals surface area (Å²) in [6.07, 6.45) is 3.75. The largest absolute Gasteiger partial charge is 0.480 e. The zero-order valence-electron chi connectivity index (χ0n) is 10.8. The first-order chi connectivity index (χ1) is 8.77. The fourth-order valence-corrected chi connectivity index (χ4v) is 3.22. The standard InChI is InChI=1S/C12H16N2O4S/c1-12(11(15)16)6-4-8-14(12)10-9(19(2,17)18)5-3-7-13-10/h3,5,7H,4,6,8H2,1-2H3,(H,15,16). The Morgan fingerprint density at radius 3 is 2.79 bits per heavy atom. The van der Waals surface area contributed by atoms with Gasteiger partial charge >= 0.3 is 5.97 Å². The van der Waals surface area contributed by atoms with Crippen LogP contribution in [0.25, 0.3) is 0 Å². The number of carboxylic acids is 1. The number of hydrogen-bond acceptors (Lipinski definition) is 5. The molecule has 0 bridgehead atoms. The molecule has 1 aliphatic rings. The molecule has 0 aliphatic carbocycles. The molecular formula is C12H16N2O4S. The third-order valence-electron chi connectivity index (χ3n) is 3.51. The van der Waals surface area contributed by atoms with Crippen molar-refractivity contribution in [2.45, 2.75) is 30.2 Å². The maximum absolute atomic E-state index is 11.8. The highest BCUT2D eigenvalue weighted by Crippen LogP contribution is 2.36. The minimum atomic E-state index is -3.44. The molecule has 1 atom stereocenters. The molecule has 1 N–H and O–H groups in total. The van der Waals surface area contributed by atoms with Crippen LogP contribution in [0.15, 0.2) is 23.2 Å². The number of sulfone groups is 1. The number of aliphatic carboxylic acids is 1. The van der Waals surface area contributed by atoms with E-state index in [4.69, 9.17) is 0 Å². The highest BCUT2D eigenvalue weighted by atomic mass is 32.2. The van der Waals surface area contributed by atoms with Gasteiger partial charge in [-0.05, 0) is 31.9 Å². The van der Waals surface area contributed by atoms with Crippen LogP contribution in [0, 0.1) is 0 Å². The van der Waals surface area contributed by atoms with E-state index in [1.54, 1.807) is 11.8 Å². The van der Waals surface area contributed by atoms with Crippen LogP contribution in [0.2, 0.25) is 0 Å². The molecule has 19 heavy (non-hydrogen) atoms. The van der Waals surface area contributed by atoms with E-state index in [2.05, 4.69) is 4.98 Å². The van der Waals surface area contributed by atoms with E-state index >= 15 is 0 Å². The molecule has 0 spiro atoms. The van der Waals surface area contributed by atoms with E-state index in [1.165, 1.54) is 18.3 Å². The smallest absolute Gasteiger partial charge is 0.329 e. The molecule has 1 unspecified atom stereocenters. The minimum Gasteiger partial charge on any atom is -0.480 e. The Hall–Kier alpha value is -1.63. The van der Waals surface area contributed by atoms with Gasteiger partial charge in [0.05, 0.1) is 0 Å². The van der Waals surface area contributed by atoms with Gasteiger partial charge in [0.15, 0.2) is 9.84 Å². The van der Waals surface area contributed by atoms with Crippen LogP contribution in [0.4, 0.5) is 5.82 Å². The number of hydrogen-bond donors (Lipinski definition) is 1. The second-order valence-electron chi connectivity index (χ2n) is 4.93. The van der Waals surface area contributed by atoms with Crippen molar-refractivity contribution in [2.24, 2.45) is 0 Å². The summed E-state index contributed by atoms with van der Waals surface area (Å²) in [5.74, 6) is -0.734. The van der Waals surface area contributed by atoms with Crippen LogP contribution >= 0.6 is 0 Å². The number of pyridine rings is 1. The molecule has 104 valence electrons. The van der Waals surface area contributed by atoms with Gasteiger partial charge in [0.2, 0.25) is 0 Å². The predicted octanol–water partition coefficient (Wildman–Crippen LogP) is 0.929. The number of rotatable bonds is 3. The van der Waals surface area contributed by atoms with E-state index in [-0.39, 0.29) is 10.7 Å². The summed E-state index contributed by atoms with van der Waals surface area (Å²) in [7, 11) is -3.44. The Morgan fingerprint density at radius 1 is 1.53 bits per heavy atom. The van der Waals surface area contributed by atoms with Crippen molar-refractivity contribution < 1.29 is 18.3 Å². The molecule has 1 aliphatic heterocycles. The fourth-order valence-electron chi connectivity index (χ4n) is 2.40. The fraction of sp³-hybridized carbons (Fsp3) is 0.500. The Bertz CT molecular complexity index is 614. The highest BCUT2D eigenvalue weighted by molar-refractivity contribution is 7.90. The number of aromatic nitrogens is 1. The topological polar surface area (TPSA) is 87.6 Å². The van der Waals surface area contributed by atoms with Crippen LogP contribution in [-0.2, 0) is 14.6 Å². The second kappa shape index (κ2) is 4.48. The van der Waals surface area contributed by atoms with Gasteiger partial charge in [0.25, 0.3) is 0 Å². The maximum atomic E-state index is 11.8. The average Bonchev–Trinajstić information content (AvgIpc) is 2.71. The lowest BCUT2D eigenvalue weighted by atomic mass is 9.99. The summed E-state index contributed by atoms with van der Waals surface area (Å²) in [4.78, 5) is 17.2.